The Morgan fingerprint density at radius 3 is 2.52 bits per heavy atom. The van der Waals surface area contributed by atoms with Gasteiger partial charge < -0.3 is 11.1 Å². The number of rotatable bonds is 5. The van der Waals surface area contributed by atoms with E-state index in [2.05, 4.69) is 42.3 Å². The molecule has 0 radical (unpaired) electrons. The van der Waals surface area contributed by atoms with E-state index in [9.17, 15) is 4.79 Å². The van der Waals surface area contributed by atoms with Crippen molar-refractivity contribution in [3.8, 4) is 0 Å². The number of anilines is 1. The van der Waals surface area contributed by atoms with Crippen molar-refractivity contribution in [3.05, 3.63) is 65.2 Å². The number of hydrogen-bond donors (Lipinski definition) is 2. The van der Waals surface area contributed by atoms with Gasteiger partial charge in [-0.3, -0.25) is 9.69 Å². The first-order chi connectivity index (χ1) is 12.5. The van der Waals surface area contributed by atoms with E-state index in [-0.39, 0.29) is 30.3 Å². The third kappa shape index (κ3) is 5.10. The summed E-state index contributed by atoms with van der Waals surface area (Å²) in [7, 11) is 0. The third-order valence-electron chi connectivity index (χ3n) is 5.23. The second-order valence-electron chi connectivity index (χ2n) is 7.62. The van der Waals surface area contributed by atoms with Crippen LogP contribution in [0.3, 0.4) is 0 Å². The second kappa shape index (κ2) is 9.36. The summed E-state index contributed by atoms with van der Waals surface area (Å²) in [5.74, 6) is 0.684. The van der Waals surface area contributed by atoms with Crippen LogP contribution < -0.4 is 11.1 Å². The van der Waals surface area contributed by atoms with Gasteiger partial charge in [0.2, 0.25) is 5.91 Å². The van der Waals surface area contributed by atoms with Gasteiger partial charge in [0, 0.05) is 30.7 Å². The third-order valence-corrected chi connectivity index (χ3v) is 5.23. The van der Waals surface area contributed by atoms with Gasteiger partial charge in [-0.25, -0.2) is 0 Å². The molecule has 1 heterocycles. The largest absolute Gasteiger partial charge is 0.326 e. The zero-order chi connectivity index (χ0) is 18.7. The maximum Gasteiger partial charge on any atom is 0.238 e. The van der Waals surface area contributed by atoms with E-state index in [1.165, 1.54) is 11.1 Å². The number of nitrogens with one attached hydrogen (secondary N) is 1. The zero-order valence-electron chi connectivity index (χ0n) is 16.3. The molecule has 2 aromatic carbocycles. The van der Waals surface area contributed by atoms with Crippen LogP contribution in [0.2, 0.25) is 0 Å². The standard InChI is InChI=1S/C22H29N3O.ClH/c1-15(2)18-11-7-8-16(3)22(18)24-21(26)14-25-12-19(20(23)13-25)17-9-5-4-6-10-17;/h4-11,15,19-20H,12-14,23H2,1-3H3,(H,24,26);1H/t19-,20+;/m0./s1. The molecule has 0 aromatic heterocycles. The average Bonchev–Trinajstić information content (AvgIpc) is 2.97. The fourth-order valence-corrected chi connectivity index (χ4v) is 3.82. The van der Waals surface area contributed by atoms with Crippen LogP contribution in [0, 0.1) is 6.92 Å². The zero-order valence-corrected chi connectivity index (χ0v) is 17.1. The van der Waals surface area contributed by atoms with Gasteiger partial charge in [-0.2, -0.15) is 0 Å². The van der Waals surface area contributed by atoms with E-state index in [0.717, 1.165) is 24.3 Å². The summed E-state index contributed by atoms with van der Waals surface area (Å²) in [6.07, 6.45) is 0. The van der Waals surface area contributed by atoms with Gasteiger partial charge >= 0.3 is 0 Å². The van der Waals surface area contributed by atoms with E-state index < -0.39 is 0 Å². The van der Waals surface area contributed by atoms with Gasteiger partial charge in [0.05, 0.1) is 6.54 Å². The minimum Gasteiger partial charge on any atom is -0.326 e. The van der Waals surface area contributed by atoms with Gasteiger partial charge in [0.15, 0.2) is 0 Å². The van der Waals surface area contributed by atoms with Gasteiger partial charge in [-0.1, -0.05) is 62.4 Å². The summed E-state index contributed by atoms with van der Waals surface area (Å²) >= 11 is 0. The predicted octanol–water partition coefficient (Wildman–Crippen LogP) is 3.91. The number of likely N-dealkylation sites (tertiary alicyclic amines) is 1. The molecule has 0 unspecified atom stereocenters. The van der Waals surface area contributed by atoms with Crippen molar-refractivity contribution >= 4 is 24.0 Å². The molecule has 3 N–H and O–H groups in total. The SMILES string of the molecule is Cc1cccc(C(C)C)c1NC(=O)CN1C[C@@H](N)[C@H](c2ccccc2)C1.Cl. The van der Waals surface area contributed by atoms with Crippen LogP contribution in [0.5, 0.6) is 0 Å². The molecule has 2 aromatic rings. The van der Waals surface area contributed by atoms with Crippen LogP contribution in [0.15, 0.2) is 48.5 Å². The Kier molecular flexibility index (Phi) is 7.42. The quantitative estimate of drug-likeness (QED) is 0.817. The summed E-state index contributed by atoms with van der Waals surface area (Å²) in [6, 6.07) is 16.6. The number of nitrogens with two attached hydrogens (primary N) is 1. The normalized spacial score (nSPS) is 19.7. The summed E-state index contributed by atoms with van der Waals surface area (Å²) in [5.41, 5.74) is 10.8. The van der Waals surface area contributed by atoms with E-state index in [4.69, 9.17) is 5.73 Å². The minimum absolute atomic E-state index is 0. The molecule has 1 aliphatic heterocycles. The first kappa shape index (κ1) is 21.4. The molecule has 1 amide bonds. The highest BCUT2D eigenvalue weighted by atomic mass is 35.5. The van der Waals surface area contributed by atoms with E-state index in [0.29, 0.717) is 12.5 Å². The van der Waals surface area contributed by atoms with Crippen molar-refractivity contribution in [3.63, 3.8) is 0 Å². The van der Waals surface area contributed by atoms with Crippen molar-refractivity contribution in [2.75, 3.05) is 25.0 Å². The molecule has 5 heteroatoms. The average molecular weight is 388 g/mol. The molecule has 1 aliphatic rings. The van der Waals surface area contributed by atoms with E-state index in [1.807, 2.05) is 37.3 Å². The van der Waals surface area contributed by atoms with Crippen molar-refractivity contribution in [1.82, 2.24) is 4.90 Å². The highest BCUT2D eigenvalue weighted by molar-refractivity contribution is 5.94. The van der Waals surface area contributed by atoms with Crippen LogP contribution >= 0.6 is 12.4 Å². The summed E-state index contributed by atoms with van der Waals surface area (Å²) < 4.78 is 0. The lowest BCUT2D eigenvalue weighted by Crippen LogP contribution is -2.34. The van der Waals surface area contributed by atoms with E-state index in [1.54, 1.807) is 0 Å². The molecule has 146 valence electrons. The second-order valence-corrected chi connectivity index (χ2v) is 7.62. The van der Waals surface area contributed by atoms with Crippen molar-refractivity contribution < 1.29 is 4.79 Å². The first-order valence-electron chi connectivity index (χ1n) is 9.38. The van der Waals surface area contributed by atoms with Gasteiger partial charge in [-0.05, 0) is 29.5 Å². The Hall–Kier alpha value is -1.88. The number of hydrogen-bond acceptors (Lipinski definition) is 3. The molecule has 0 bridgehead atoms. The van der Waals surface area contributed by atoms with Crippen molar-refractivity contribution in [2.45, 2.75) is 38.6 Å². The molecule has 1 fully saturated rings. The molecule has 0 spiro atoms. The topological polar surface area (TPSA) is 58.4 Å². The summed E-state index contributed by atoms with van der Waals surface area (Å²) in [5, 5.41) is 3.14. The Balaban J connectivity index is 0.00000261. The fourth-order valence-electron chi connectivity index (χ4n) is 3.82. The lowest BCUT2D eigenvalue weighted by molar-refractivity contribution is -0.117. The number of carbonyl (C=O) groups is 1. The van der Waals surface area contributed by atoms with Crippen LogP contribution in [0.1, 0.15) is 42.4 Å². The van der Waals surface area contributed by atoms with Gasteiger partial charge in [0.25, 0.3) is 0 Å². The molecular formula is C22H30ClN3O. The fraction of sp³-hybridized carbons (Fsp3) is 0.409. The number of benzene rings is 2. The first-order valence-corrected chi connectivity index (χ1v) is 9.38. The number of aryl methyl sites for hydroxylation is 1. The van der Waals surface area contributed by atoms with Crippen molar-refractivity contribution in [1.29, 1.82) is 0 Å². The van der Waals surface area contributed by atoms with Crippen LogP contribution in [-0.4, -0.2) is 36.5 Å². The van der Waals surface area contributed by atoms with E-state index >= 15 is 0 Å². The predicted molar refractivity (Wildman–Crippen MR) is 115 cm³/mol. The van der Waals surface area contributed by atoms with Crippen molar-refractivity contribution in [2.24, 2.45) is 5.73 Å². The summed E-state index contributed by atoms with van der Waals surface area (Å²) in [6.45, 7) is 8.28. The molecular weight excluding hydrogens is 358 g/mol. The lowest BCUT2D eigenvalue weighted by Gasteiger charge is -2.19. The number of para-hydroxylation sites is 1. The molecule has 4 nitrogen and oxygen atoms in total. The molecule has 3 rings (SSSR count). The van der Waals surface area contributed by atoms with Crippen LogP contribution in [-0.2, 0) is 4.79 Å². The number of amides is 1. The van der Waals surface area contributed by atoms with Gasteiger partial charge in [0.1, 0.15) is 0 Å². The number of carbonyl (C=O) groups excluding carboxylic acids is 1. The highest BCUT2D eigenvalue weighted by Gasteiger charge is 2.32. The number of nitrogens with zero attached hydrogens (tertiary/aromatic N) is 1. The highest BCUT2D eigenvalue weighted by Crippen LogP contribution is 2.28. The number of halogens is 1. The Labute approximate surface area is 168 Å². The van der Waals surface area contributed by atoms with Gasteiger partial charge in [-0.15, -0.1) is 12.4 Å². The Morgan fingerprint density at radius 2 is 1.85 bits per heavy atom. The molecule has 1 saturated heterocycles. The van der Waals surface area contributed by atoms with Crippen LogP contribution in [0.4, 0.5) is 5.69 Å². The Bertz CT molecular complexity index is 763. The Morgan fingerprint density at radius 1 is 1.15 bits per heavy atom. The smallest absolute Gasteiger partial charge is 0.238 e. The lowest BCUT2D eigenvalue weighted by atomic mass is 9.95. The molecule has 2 atom stereocenters. The molecule has 27 heavy (non-hydrogen) atoms. The molecule has 0 saturated carbocycles. The maximum absolute atomic E-state index is 12.7. The van der Waals surface area contributed by atoms with Crippen LogP contribution in [0.25, 0.3) is 0 Å². The minimum atomic E-state index is 0. The summed E-state index contributed by atoms with van der Waals surface area (Å²) in [4.78, 5) is 14.8. The maximum atomic E-state index is 12.7. The molecule has 0 aliphatic carbocycles. The monoisotopic (exact) mass is 387 g/mol.